The SMILES string of the molecule is C=CCN1CC(=O)N2[C@@H](Cc3ccc(O)cc3)C(=O)N(Cc3cccc4c(C(=O)CN5CCCC5)cn(C)c34)C[C@@H]2N1C(=O)CCc1ccccc1. The summed E-state index contributed by atoms with van der Waals surface area (Å²) in [5.74, 6) is -0.409. The first kappa shape index (κ1) is 35.2. The summed E-state index contributed by atoms with van der Waals surface area (Å²) in [6.45, 7) is 6.71. The van der Waals surface area contributed by atoms with Gasteiger partial charge in [-0.1, -0.05) is 66.7 Å². The Labute approximate surface area is 304 Å². The minimum absolute atomic E-state index is 0.0597. The van der Waals surface area contributed by atoms with Crippen LogP contribution in [0.1, 0.15) is 46.3 Å². The zero-order valence-corrected chi connectivity index (χ0v) is 29.7. The Morgan fingerprint density at radius 1 is 0.942 bits per heavy atom. The average molecular weight is 703 g/mol. The van der Waals surface area contributed by atoms with Crippen molar-refractivity contribution in [2.45, 2.75) is 50.9 Å². The summed E-state index contributed by atoms with van der Waals surface area (Å²) < 4.78 is 1.96. The summed E-state index contributed by atoms with van der Waals surface area (Å²) in [6, 6.07) is 21.4. The van der Waals surface area contributed by atoms with Crippen LogP contribution in [0.5, 0.6) is 5.75 Å². The molecule has 0 aliphatic carbocycles. The maximum Gasteiger partial charge on any atom is 0.246 e. The highest BCUT2D eigenvalue weighted by molar-refractivity contribution is 6.09. The Balaban J connectivity index is 1.23. The number of likely N-dealkylation sites (tertiary alicyclic amines) is 1. The second kappa shape index (κ2) is 15.1. The lowest BCUT2D eigenvalue weighted by Crippen LogP contribution is -2.75. The van der Waals surface area contributed by atoms with E-state index < -0.39 is 12.2 Å². The molecular weight excluding hydrogens is 656 g/mol. The van der Waals surface area contributed by atoms with Gasteiger partial charge in [-0.05, 0) is 61.2 Å². The van der Waals surface area contributed by atoms with E-state index >= 15 is 0 Å². The molecule has 3 saturated heterocycles. The van der Waals surface area contributed by atoms with E-state index in [0.29, 0.717) is 25.1 Å². The number of carbonyl (C=O) groups excluding carboxylic acids is 4. The molecule has 4 heterocycles. The quantitative estimate of drug-likeness (QED) is 0.175. The molecule has 0 bridgehead atoms. The van der Waals surface area contributed by atoms with Crippen LogP contribution in [-0.2, 0) is 40.8 Å². The summed E-state index contributed by atoms with van der Waals surface area (Å²) in [5.41, 5.74) is 4.24. The van der Waals surface area contributed by atoms with Crippen molar-refractivity contribution in [1.82, 2.24) is 29.3 Å². The molecule has 3 aromatic carbocycles. The number of carbonyl (C=O) groups is 4. The largest absolute Gasteiger partial charge is 0.508 e. The number of aromatic hydroxyl groups is 1. The van der Waals surface area contributed by atoms with Crippen molar-refractivity contribution in [2.24, 2.45) is 7.05 Å². The maximum absolute atomic E-state index is 14.6. The number of rotatable bonds is 12. The van der Waals surface area contributed by atoms with Crippen molar-refractivity contribution >= 4 is 34.4 Å². The first-order chi connectivity index (χ1) is 25.2. The van der Waals surface area contributed by atoms with Crippen LogP contribution in [0.2, 0.25) is 0 Å². The standard InChI is InChI=1S/C41H46N6O5/c1-3-20-45-28-39(51)46-35(23-30-14-17-32(48)18-15-30)41(52)44(27-37(46)47(45)38(50)19-16-29-10-5-4-6-11-29)24-31-12-9-13-33-34(25-42(2)40(31)33)36(49)26-43-21-7-8-22-43/h3-6,9-15,17-18,25,35,37,48H,1,7-8,16,19-24,26-28H2,2H3/t35-,37-/m0/s1. The number of aromatic nitrogens is 1. The van der Waals surface area contributed by atoms with Crippen LogP contribution < -0.4 is 0 Å². The van der Waals surface area contributed by atoms with Crippen molar-refractivity contribution in [1.29, 1.82) is 0 Å². The summed E-state index contributed by atoms with van der Waals surface area (Å²) in [7, 11) is 1.92. The smallest absolute Gasteiger partial charge is 0.246 e. The highest BCUT2D eigenvalue weighted by atomic mass is 16.3. The van der Waals surface area contributed by atoms with Gasteiger partial charge in [-0.25, -0.2) is 10.0 Å². The normalized spacial score (nSPS) is 19.8. The number of benzene rings is 3. The Morgan fingerprint density at radius 2 is 1.69 bits per heavy atom. The van der Waals surface area contributed by atoms with E-state index in [1.165, 1.54) is 0 Å². The van der Waals surface area contributed by atoms with Gasteiger partial charge in [-0.3, -0.25) is 24.1 Å². The Kier molecular flexibility index (Phi) is 10.2. The summed E-state index contributed by atoms with van der Waals surface area (Å²) >= 11 is 0. The predicted molar refractivity (Wildman–Crippen MR) is 198 cm³/mol. The predicted octanol–water partition coefficient (Wildman–Crippen LogP) is 4.15. The number of nitrogens with zero attached hydrogens (tertiary/aromatic N) is 6. The molecule has 3 aliphatic rings. The molecule has 11 heteroatoms. The first-order valence-corrected chi connectivity index (χ1v) is 18.1. The number of hydrazine groups is 1. The molecule has 4 aromatic rings. The van der Waals surface area contributed by atoms with Gasteiger partial charge >= 0.3 is 0 Å². The van der Waals surface area contributed by atoms with E-state index in [0.717, 1.165) is 53.5 Å². The number of para-hydroxylation sites is 1. The molecule has 1 aromatic heterocycles. The molecule has 52 heavy (non-hydrogen) atoms. The molecule has 1 N–H and O–H groups in total. The second-order valence-electron chi connectivity index (χ2n) is 14.1. The molecule has 11 nitrogen and oxygen atoms in total. The number of hydrogen-bond donors (Lipinski definition) is 1. The lowest BCUT2D eigenvalue weighted by atomic mass is 9.97. The van der Waals surface area contributed by atoms with Gasteiger partial charge in [0.15, 0.2) is 5.78 Å². The topological polar surface area (TPSA) is 110 Å². The van der Waals surface area contributed by atoms with Gasteiger partial charge in [-0.2, -0.15) is 0 Å². The van der Waals surface area contributed by atoms with Crippen molar-refractivity contribution in [3.63, 3.8) is 0 Å². The highest BCUT2D eigenvalue weighted by Gasteiger charge is 2.51. The van der Waals surface area contributed by atoms with Crippen LogP contribution in [0.4, 0.5) is 0 Å². The maximum atomic E-state index is 14.6. The fraction of sp³-hybridized carbons (Fsp3) is 0.366. The third-order valence-corrected chi connectivity index (χ3v) is 10.6. The van der Waals surface area contributed by atoms with Gasteiger partial charge < -0.3 is 19.5 Å². The molecular formula is C41H46N6O5. The van der Waals surface area contributed by atoms with E-state index in [-0.39, 0.29) is 61.7 Å². The number of fused-ring (bicyclic) bond motifs is 2. The highest BCUT2D eigenvalue weighted by Crippen LogP contribution is 2.32. The van der Waals surface area contributed by atoms with Gasteiger partial charge in [0.25, 0.3) is 0 Å². The molecule has 270 valence electrons. The van der Waals surface area contributed by atoms with Gasteiger partial charge in [0.2, 0.25) is 17.7 Å². The fourth-order valence-corrected chi connectivity index (χ4v) is 8.11. The van der Waals surface area contributed by atoms with Crippen molar-refractivity contribution in [3.8, 4) is 5.75 Å². The van der Waals surface area contributed by atoms with E-state index in [1.807, 2.05) is 66.3 Å². The number of ketones is 1. The molecule has 7 rings (SSSR count). The van der Waals surface area contributed by atoms with Gasteiger partial charge in [0.05, 0.1) is 25.2 Å². The van der Waals surface area contributed by atoms with Gasteiger partial charge in [0.1, 0.15) is 18.0 Å². The lowest BCUT2D eigenvalue weighted by molar-refractivity contribution is -0.205. The van der Waals surface area contributed by atoms with E-state index in [4.69, 9.17) is 0 Å². The minimum atomic E-state index is -0.878. The first-order valence-electron chi connectivity index (χ1n) is 18.1. The number of phenols is 1. The third kappa shape index (κ3) is 7.11. The summed E-state index contributed by atoms with van der Waals surface area (Å²) in [4.78, 5) is 61.9. The molecule has 0 spiro atoms. The summed E-state index contributed by atoms with van der Waals surface area (Å²) in [6.07, 6.45) is 6.02. The molecule has 3 fully saturated rings. The van der Waals surface area contributed by atoms with Crippen molar-refractivity contribution in [2.75, 3.05) is 39.3 Å². The van der Waals surface area contributed by atoms with Crippen LogP contribution in [0.15, 0.2) is 91.6 Å². The number of piperazine rings is 1. The average Bonchev–Trinajstić information content (AvgIpc) is 3.78. The van der Waals surface area contributed by atoms with Crippen LogP contribution in [-0.4, -0.2) is 109 Å². The Morgan fingerprint density at radius 3 is 2.42 bits per heavy atom. The zero-order valence-electron chi connectivity index (χ0n) is 29.7. The summed E-state index contributed by atoms with van der Waals surface area (Å²) in [5, 5.41) is 14.2. The fourth-order valence-electron chi connectivity index (χ4n) is 8.11. The number of Topliss-reactive ketones (excluding diaryl/α,β-unsaturated/α-hetero) is 1. The van der Waals surface area contributed by atoms with Crippen LogP contribution in [0.3, 0.4) is 0 Å². The molecule has 0 radical (unpaired) electrons. The van der Waals surface area contributed by atoms with Crippen LogP contribution in [0, 0.1) is 0 Å². The van der Waals surface area contributed by atoms with E-state index in [2.05, 4.69) is 11.5 Å². The second-order valence-corrected chi connectivity index (χ2v) is 14.1. The number of hydrogen-bond acceptors (Lipinski definition) is 7. The Bertz CT molecular complexity index is 1970. The zero-order chi connectivity index (χ0) is 36.4. The molecule has 0 saturated carbocycles. The van der Waals surface area contributed by atoms with Crippen LogP contribution >= 0.6 is 0 Å². The number of phenolic OH excluding ortho intramolecular Hbond substituents is 1. The van der Waals surface area contributed by atoms with Gasteiger partial charge in [0, 0.05) is 50.1 Å². The molecule has 3 aliphatic heterocycles. The van der Waals surface area contributed by atoms with E-state index in [9.17, 15) is 24.3 Å². The number of aryl methyl sites for hydroxylation is 2. The van der Waals surface area contributed by atoms with E-state index in [1.54, 1.807) is 50.2 Å². The van der Waals surface area contributed by atoms with Crippen LogP contribution in [0.25, 0.3) is 10.9 Å². The lowest BCUT2D eigenvalue weighted by Gasteiger charge is -2.55. The minimum Gasteiger partial charge on any atom is -0.508 e. The Hall–Kier alpha value is -5.26. The number of amides is 3. The monoisotopic (exact) mass is 702 g/mol. The van der Waals surface area contributed by atoms with Crippen molar-refractivity contribution < 1.29 is 24.3 Å². The molecule has 3 amide bonds. The van der Waals surface area contributed by atoms with Gasteiger partial charge in [-0.15, -0.1) is 6.58 Å². The molecule has 0 unspecified atom stereocenters. The van der Waals surface area contributed by atoms with Crippen molar-refractivity contribution in [3.05, 3.63) is 114 Å². The third-order valence-electron chi connectivity index (χ3n) is 10.6. The molecule has 2 atom stereocenters.